The van der Waals surface area contributed by atoms with Crippen LogP contribution in [-0.2, 0) is 0 Å². The highest BCUT2D eigenvalue weighted by Gasteiger charge is 2.17. The highest BCUT2D eigenvalue weighted by Crippen LogP contribution is 2.28. The maximum absolute atomic E-state index is 13.9. The molecule has 0 heterocycles. The van der Waals surface area contributed by atoms with Gasteiger partial charge in [-0.15, -0.1) is 0 Å². The van der Waals surface area contributed by atoms with E-state index in [1.54, 1.807) is 55.5 Å². The minimum absolute atomic E-state index is 0.0740. The number of nitrogens with one attached hydrogen (secondary N) is 3. The van der Waals surface area contributed by atoms with Crippen molar-refractivity contribution in [3.63, 3.8) is 0 Å². The van der Waals surface area contributed by atoms with E-state index in [1.807, 2.05) is 6.07 Å². The lowest BCUT2D eigenvalue weighted by atomic mass is 9.98. The minimum atomic E-state index is -0.752. The topological polar surface area (TPSA) is 70.2 Å². The molecule has 176 valence electrons. The third kappa shape index (κ3) is 5.83. The summed E-state index contributed by atoms with van der Waals surface area (Å²) in [4.78, 5) is 25.6. The first kappa shape index (κ1) is 23.9. The van der Waals surface area contributed by atoms with Gasteiger partial charge in [0.25, 0.3) is 0 Å². The van der Waals surface area contributed by atoms with E-state index in [2.05, 4.69) is 16.0 Å². The summed E-state index contributed by atoms with van der Waals surface area (Å²) in [5.74, 6) is -1.77. The van der Waals surface area contributed by atoms with Crippen LogP contribution in [0.5, 0.6) is 0 Å². The standard InChI is InChI=1S/C27H20ClF2N3O2/c1-16-7-9-19(33-27(35)32-18-5-3-2-4-6-18)14-22(16)26(34)21-11-10-20(15-23(21)28)31-25-12-8-17(29)13-24(25)30/h2-15,31H,1H3,(H2,32,33,35). The average molecular weight is 492 g/mol. The van der Waals surface area contributed by atoms with Crippen molar-refractivity contribution in [1.29, 1.82) is 0 Å². The van der Waals surface area contributed by atoms with Gasteiger partial charge >= 0.3 is 6.03 Å². The first-order valence-corrected chi connectivity index (χ1v) is 11.0. The molecule has 0 radical (unpaired) electrons. The summed E-state index contributed by atoms with van der Waals surface area (Å²) in [6, 6.07) is 21.3. The lowest BCUT2D eigenvalue weighted by molar-refractivity contribution is 0.103. The fourth-order valence-corrected chi connectivity index (χ4v) is 3.69. The zero-order valence-corrected chi connectivity index (χ0v) is 19.3. The van der Waals surface area contributed by atoms with Gasteiger partial charge in [0.2, 0.25) is 0 Å². The van der Waals surface area contributed by atoms with Gasteiger partial charge in [0.05, 0.1) is 10.7 Å². The molecule has 0 aliphatic heterocycles. The Hall–Kier alpha value is -4.23. The predicted molar refractivity (Wildman–Crippen MR) is 135 cm³/mol. The van der Waals surface area contributed by atoms with E-state index in [0.717, 1.165) is 12.1 Å². The molecule has 0 spiro atoms. The molecule has 3 N–H and O–H groups in total. The third-order valence-electron chi connectivity index (χ3n) is 5.20. The molecule has 0 saturated heterocycles. The molecule has 0 saturated carbocycles. The SMILES string of the molecule is Cc1ccc(NC(=O)Nc2ccccc2)cc1C(=O)c1ccc(Nc2ccc(F)cc2F)cc1Cl. The summed E-state index contributed by atoms with van der Waals surface area (Å²) in [5, 5.41) is 8.41. The van der Waals surface area contributed by atoms with E-state index in [1.165, 1.54) is 18.2 Å². The fourth-order valence-electron chi connectivity index (χ4n) is 3.43. The van der Waals surface area contributed by atoms with Gasteiger partial charge < -0.3 is 16.0 Å². The predicted octanol–water partition coefficient (Wildman–Crippen LogP) is 7.55. The second-order valence-electron chi connectivity index (χ2n) is 7.75. The molecule has 4 aromatic rings. The zero-order chi connectivity index (χ0) is 24.9. The van der Waals surface area contributed by atoms with Crippen molar-refractivity contribution >= 4 is 46.2 Å². The molecule has 5 nitrogen and oxygen atoms in total. The Bertz CT molecular complexity index is 1410. The number of ketones is 1. The van der Waals surface area contributed by atoms with Crippen LogP contribution in [0.4, 0.5) is 36.3 Å². The van der Waals surface area contributed by atoms with Gasteiger partial charge in [-0.1, -0.05) is 35.9 Å². The molecule has 0 atom stereocenters. The number of aryl methyl sites for hydroxylation is 1. The van der Waals surface area contributed by atoms with Crippen LogP contribution in [0.25, 0.3) is 0 Å². The van der Waals surface area contributed by atoms with E-state index >= 15 is 0 Å². The quantitative estimate of drug-likeness (QED) is 0.244. The van der Waals surface area contributed by atoms with E-state index < -0.39 is 17.7 Å². The lowest BCUT2D eigenvalue weighted by Crippen LogP contribution is -2.19. The number of urea groups is 1. The van der Waals surface area contributed by atoms with Crippen LogP contribution in [0.1, 0.15) is 21.5 Å². The zero-order valence-electron chi connectivity index (χ0n) is 18.5. The summed E-state index contributed by atoms with van der Waals surface area (Å²) in [7, 11) is 0. The Balaban J connectivity index is 1.52. The van der Waals surface area contributed by atoms with E-state index in [9.17, 15) is 18.4 Å². The van der Waals surface area contributed by atoms with Crippen LogP contribution in [0, 0.1) is 18.6 Å². The molecular formula is C27H20ClF2N3O2. The number of benzene rings is 4. The first-order valence-electron chi connectivity index (χ1n) is 10.6. The summed E-state index contributed by atoms with van der Waals surface area (Å²) in [5.41, 5.74) is 2.89. The number of rotatable bonds is 6. The van der Waals surface area contributed by atoms with Gasteiger partial charge in [0, 0.05) is 34.3 Å². The number of carbonyl (C=O) groups is 2. The van der Waals surface area contributed by atoms with Crippen molar-refractivity contribution in [3.05, 3.63) is 118 Å². The maximum Gasteiger partial charge on any atom is 0.323 e. The van der Waals surface area contributed by atoms with Crippen molar-refractivity contribution in [1.82, 2.24) is 0 Å². The second kappa shape index (κ2) is 10.4. The molecule has 0 fully saturated rings. The van der Waals surface area contributed by atoms with Crippen LogP contribution in [0.3, 0.4) is 0 Å². The number of hydrogen-bond donors (Lipinski definition) is 3. The summed E-state index contributed by atoms with van der Waals surface area (Å²) in [6.45, 7) is 1.78. The Morgan fingerprint density at radius 3 is 2.17 bits per heavy atom. The monoisotopic (exact) mass is 491 g/mol. The van der Waals surface area contributed by atoms with Crippen LogP contribution < -0.4 is 16.0 Å². The maximum atomic E-state index is 13.9. The van der Waals surface area contributed by atoms with Gasteiger partial charge in [-0.05, 0) is 67.1 Å². The minimum Gasteiger partial charge on any atom is -0.353 e. The Kier molecular flexibility index (Phi) is 7.08. The van der Waals surface area contributed by atoms with Crippen LogP contribution in [0.2, 0.25) is 5.02 Å². The molecule has 0 bridgehead atoms. The van der Waals surface area contributed by atoms with Crippen LogP contribution in [0.15, 0.2) is 84.9 Å². The van der Waals surface area contributed by atoms with E-state index in [4.69, 9.17) is 11.6 Å². The van der Waals surface area contributed by atoms with Gasteiger partial charge in [-0.3, -0.25) is 4.79 Å². The van der Waals surface area contributed by atoms with Crippen LogP contribution in [-0.4, -0.2) is 11.8 Å². The second-order valence-corrected chi connectivity index (χ2v) is 8.15. The molecule has 0 aliphatic rings. The molecule has 2 amide bonds. The van der Waals surface area contributed by atoms with Crippen molar-refractivity contribution in [2.45, 2.75) is 6.92 Å². The average Bonchev–Trinajstić information content (AvgIpc) is 2.82. The highest BCUT2D eigenvalue weighted by atomic mass is 35.5. The van der Waals surface area contributed by atoms with Gasteiger partial charge in [0.15, 0.2) is 5.78 Å². The fraction of sp³-hybridized carbons (Fsp3) is 0.0370. The largest absolute Gasteiger partial charge is 0.353 e. The van der Waals surface area contributed by atoms with E-state index in [0.29, 0.717) is 28.2 Å². The lowest BCUT2D eigenvalue weighted by Gasteiger charge is -2.13. The van der Waals surface area contributed by atoms with Crippen molar-refractivity contribution < 1.29 is 18.4 Å². The Labute approximate surface area is 205 Å². The number of para-hydroxylation sites is 1. The molecule has 0 unspecified atom stereocenters. The van der Waals surface area contributed by atoms with Crippen molar-refractivity contribution in [2.75, 3.05) is 16.0 Å². The smallest absolute Gasteiger partial charge is 0.323 e. The third-order valence-corrected chi connectivity index (χ3v) is 5.51. The first-order chi connectivity index (χ1) is 16.8. The van der Waals surface area contributed by atoms with Gasteiger partial charge in [-0.25, -0.2) is 13.6 Å². The van der Waals surface area contributed by atoms with Gasteiger partial charge in [0.1, 0.15) is 11.6 Å². The highest BCUT2D eigenvalue weighted by molar-refractivity contribution is 6.35. The number of carbonyl (C=O) groups excluding carboxylic acids is 2. The Morgan fingerprint density at radius 2 is 1.46 bits per heavy atom. The van der Waals surface area contributed by atoms with E-state index in [-0.39, 0.29) is 22.1 Å². The number of hydrogen-bond acceptors (Lipinski definition) is 3. The number of amides is 2. The summed E-state index contributed by atoms with van der Waals surface area (Å²) >= 11 is 6.38. The molecule has 8 heteroatoms. The molecule has 0 aliphatic carbocycles. The summed E-state index contributed by atoms with van der Waals surface area (Å²) in [6.07, 6.45) is 0. The molecule has 4 aromatic carbocycles. The molecular weight excluding hydrogens is 472 g/mol. The number of anilines is 4. The van der Waals surface area contributed by atoms with Crippen LogP contribution >= 0.6 is 11.6 Å². The van der Waals surface area contributed by atoms with Crippen molar-refractivity contribution in [2.24, 2.45) is 0 Å². The molecule has 0 aromatic heterocycles. The normalized spacial score (nSPS) is 10.5. The molecule has 35 heavy (non-hydrogen) atoms. The summed E-state index contributed by atoms with van der Waals surface area (Å²) < 4.78 is 27.1. The molecule has 4 rings (SSSR count). The Morgan fingerprint density at radius 1 is 0.743 bits per heavy atom. The number of halogens is 3. The van der Waals surface area contributed by atoms with Gasteiger partial charge in [-0.2, -0.15) is 0 Å². The van der Waals surface area contributed by atoms with Crippen molar-refractivity contribution in [3.8, 4) is 0 Å².